The van der Waals surface area contributed by atoms with Gasteiger partial charge in [-0.25, -0.2) is 0 Å². The van der Waals surface area contributed by atoms with Crippen LogP contribution in [0.2, 0.25) is 0 Å². The predicted molar refractivity (Wildman–Crippen MR) is 55.2 cm³/mol. The summed E-state index contributed by atoms with van der Waals surface area (Å²) in [6.45, 7) is 9.44. The molecule has 4 heteroatoms. The zero-order valence-corrected chi connectivity index (χ0v) is 10.1. The highest BCUT2D eigenvalue weighted by Crippen LogP contribution is 2.50. The van der Waals surface area contributed by atoms with E-state index in [4.69, 9.17) is 9.05 Å². The van der Waals surface area contributed by atoms with Gasteiger partial charge in [0.15, 0.2) is 0 Å². The lowest BCUT2D eigenvalue weighted by atomic mass is 10.5. The summed E-state index contributed by atoms with van der Waals surface area (Å²) < 4.78 is 22.6. The van der Waals surface area contributed by atoms with E-state index in [1.54, 1.807) is 0 Å². The molecule has 0 aliphatic rings. The van der Waals surface area contributed by atoms with E-state index < -0.39 is 7.60 Å². The van der Waals surface area contributed by atoms with Gasteiger partial charge in [-0.2, -0.15) is 0 Å². The second-order valence-corrected chi connectivity index (χ2v) is 5.73. The molecule has 0 aromatic carbocycles. The van der Waals surface area contributed by atoms with Crippen LogP contribution in [0.5, 0.6) is 0 Å². The summed E-state index contributed by atoms with van der Waals surface area (Å²) in [5, 5.41) is 0. The average molecular weight is 208 g/mol. The summed E-state index contributed by atoms with van der Waals surface area (Å²) in [5.74, 6) is 0. The Morgan fingerprint density at radius 2 is 1.46 bits per heavy atom. The van der Waals surface area contributed by atoms with Crippen LogP contribution in [0.15, 0.2) is 0 Å². The van der Waals surface area contributed by atoms with E-state index in [1.807, 2.05) is 34.6 Å². The van der Waals surface area contributed by atoms with Gasteiger partial charge in [0, 0.05) is 6.16 Å². The fraction of sp³-hybridized carbons (Fsp3) is 1.00. The van der Waals surface area contributed by atoms with Gasteiger partial charge in [-0.05, 0) is 34.1 Å². The lowest BCUT2D eigenvalue weighted by molar-refractivity contribution is 0.142. The molecule has 0 radical (unpaired) electrons. The van der Waals surface area contributed by atoms with E-state index in [2.05, 4.69) is 0 Å². The Bertz CT molecular complexity index is 164. The molecule has 0 saturated heterocycles. The van der Waals surface area contributed by atoms with E-state index in [0.717, 1.165) is 6.42 Å². The Balaban J connectivity index is 4.25. The van der Waals surface area contributed by atoms with Crippen LogP contribution in [0.4, 0.5) is 0 Å². The standard InChI is InChI=1S/C9H21O3P/c1-6-7-13(10,11-8(2)3)12-9(4)5/h8-9H,6-7H2,1-5H3. The van der Waals surface area contributed by atoms with Crippen LogP contribution in [-0.2, 0) is 13.6 Å². The average Bonchev–Trinajstić information content (AvgIpc) is 1.81. The molecule has 0 atom stereocenters. The minimum absolute atomic E-state index is 0.0452. The van der Waals surface area contributed by atoms with E-state index in [-0.39, 0.29) is 12.2 Å². The van der Waals surface area contributed by atoms with Crippen molar-refractivity contribution in [2.75, 3.05) is 6.16 Å². The third kappa shape index (κ3) is 6.25. The minimum Gasteiger partial charge on any atom is -0.306 e. The number of hydrogen-bond donors (Lipinski definition) is 0. The smallest absolute Gasteiger partial charge is 0.306 e. The second-order valence-electron chi connectivity index (χ2n) is 3.64. The van der Waals surface area contributed by atoms with Gasteiger partial charge in [-0.15, -0.1) is 0 Å². The molecule has 80 valence electrons. The zero-order valence-electron chi connectivity index (χ0n) is 9.24. The van der Waals surface area contributed by atoms with Crippen molar-refractivity contribution in [3.05, 3.63) is 0 Å². The molecular formula is C9H21O3P. The lowest BCUT2D eigenvalue weighted by Crippen LogP contribution is -2.09. The van der Waals surface area contributed by atoms with Crippen LogP contribution < -0.4 is 0 Å². The highest BCUT2D eigenvalue weighted by atomic mass is 31.2. The van der Waals surface area contributed by atoms with E-state index in [1.165, 1.54) is 0 Å². The van der Waals surface area contributed by atoms with Crippen LogP contribution in [0, 0.1) is 0 Å². The Labute approximate surface area is 81.3 Å². The van der Waals surface area contributed by atoms with Crippen LogP contribution in [0.3, 0.4) is 0 Å². The van der Waals surface area contributed by atoms with Gasteiger partial charge in [0.2, 0.25) is 0 Å². The summed E-state index contributed by atoms with van der Waals surface area (Å²) in [5.41, 5.74) is 0. The van der Waals surface area contributed by atoms with Crippen LogP contribution in [-0.4, -0.2) is 18.4 Å². The Hall–Kier alpha value is 0.150. The first kappa shape index (κ1) is 13.2. The molecule has 0 bridgehead atoms. The third-order valence-electron chi connectivity index (χ3n) is 1.24. The number of hydrogen-bond acceptors (Lipinski definition) is 3. The number of rotatable bonds is 6. The summed E-state index contributed by atoms with van der Waals surface area (Å²) in [6, 6.07) is 0. The molecule has 0 fully saturated rings. The topological polar surface area (TPSA) is 35.5 Å². The fourth-order valence-corrected chi connectivity index (χ4v) is 3.14. The van der Waals surface area contributed by atoms with Gasteiger partial charge in [-0.3, -0.25) is 4.57 Å². The molecule has 0 heterocycles. The van der Waals surface area contributed by atoms with E-state index in [9.17, 15) is 4.57 Å². The lowest BCUT2D eigenvalue weighted by Gasteiger charge is -2.22. The SMILES string of the molecule is CCCP(=O)(OC(C)C)OC(C)C. The first-order valence-electron chi connectivity index (χ1n) is 4.85. The molecule has 0 amide bonds. The van der Waals surface area contributed by atoms with Crippen LogP contribution in [0.25, 0.3) is 0 Å². The molecule has 0 rings (SSSR count). The monoisotopic (exact) mass is 208 g/mol. The molecular weight excluding hydrogens is 187 g/mol. The minimum atomic E-state index is -2.83. The molecule has 0 aliphatic carbocycles. The van der Waals surface area contributed by atoms with Gasteiger partial charge in [0.05, 0.1) is 12.2 Å². The fourth-order valence-electron chi connectivity index (χ4n) is 1.05. The van der Waals surface area contributed by atoms with Crippen molar-refractivity contribution < 1.29 is 13.6 Å². The van der Waals surface area contributed by atoms with Crippen molar-refractivity contribution in [3.8, 4) is 0 Å². The Morgan fingerprint density at radius 3 is 1.69 bits per heavy atom. The summed E-state index contributed by atoms with van der Waals surface area (Å²) in [4.78, 5) is 0. The molecule has 3 nitrogen and oxygen atoms in total. The molecule has 0 spiro atoms. The molecule has 0 saturated carbocycles. The van der Waals surface area contributed by atoms with Crippen molar-refractivity contribution in [2.24, 2.45) is 0 Å². The van der Waals surface area contributed by atoms with Crippen molar-refractivity contribution >= 4 is 7.60 Å². The van der Waals surface area contributed by atoms with E-state index >= 15 is 0 Å². The van der Waals surface area contributed by atoms with Gasteiger partial charge in [0.25, 0.3) is 0 Å². The predicted octanol–water partition coefficient (Wildman–Crippen LogP) is 3.44. The molecule has 13 heavy (non-hydrogen) atoms. The normalized spacial score (nSPS) is 12.8. The van der Waals surface area contributed by atoms with Gasteiger partial charge >= 0.3 is 7.60 Å². The molecule has 0 N–H and O–H groups in total. The van der Waals surface area contributed by atoms with Crippen molar-refractivity contribution in [1.29, 1.82) is 0 Å². The summed E-state index contributed by atoms with van der Waals surface area (Å²) in [7, 11) is -2.83. The zero-order chi connectivity index (χ0) is 10.5. The molecule has 0 aromatic heterocycles. The maximum atomic E-state index is 12.0. The summed E-state index contributed by atoms with van der Waals surface area (Å²) in [6.07, 6.45) is 1.23. The molecule has 0 unspecified atom stereocenters. The highest BCUT2D eigenvalue weighted by molar-refractivity contribution is 7.53. The van der Waals surface area contributed by atoms with Gasteiger partial charge in [-0.1, -0.05) is 6.92 Å². The van der Waals surface area contributed by atoms with Crippen molar-refractivity contribution in [3.63, 3.8) is 0 Å². The maximum Gasteiger partial charge on any atom is 0.331 e. The second kappa shape index (κ2) is 5.79. The molecule has 0 aliphatic heterocycles. The largest absolute Gasteiger partial charge is 0.331 e. The van der Waals surface area contributed by atoms with Crippen LogP contribution >= 0.6 is 7.60 Å². The van der Waals surface area contributed by atoms with E-state index in [0.29, 0.717) is 6.16 Å². The first-order chi connectivity index (χ1) is 5.89. The van der Waals surface area contributed by atoms with Gasteiger partial charge < -0.3 is 9.05 Å². The summed E-state index contributed by atoms with van der Waals surface area (Å²) >= 11 is 0. The molecule has 0 aromatic rings. The quantitative estimate of drug-likeness (QED) is 0.627. The van der Waals surface area contributed by atoms with Gasteiger partial charge in [0.1, 0.15) is 0 Å². The van der Waals surface area contributed by atoms with Crippen molar-refractivity contribution in [2.45, 2.75) is 53.2 Å². The highest BCUT2D eigenvalue weighted by Gasteiger charge is 2.25. The first-order valence-corrected chi connectivity index (χ1v) is 6.58. The van der Waals surface area contributed by atoms with Crippen molar-refractivity contribution in [1.82, 2.24) is 0 Å². The maximum absolute atomic E-state index is 12.0. The van der Waals surface area contributed by atoms with Crippen LogP contribution in [0.1, 0.15) is 41.0 Å². The third-order valence-corrected chi connectivity index (χ3v) is 3.72. The Kier molecular flexibility index (Phi) is 5.86. The Morgan fingerprint density at radius 1 is 1.08 bits per heavy atom.